The van der Waals surface area contributed by atoms with Crippen molar-refractivity contribution < 1.29 is 39.8 Å². The molecule has 0 amide bonds. The molecule has 5 N–H and O–H groups in total. The van der Waals surface area contributed by atoms with E-state index >= 15 is 0 Å². The third-order valence-corrected chi connectivity index (χ3v) is 8.71. The number of fused-ring (bicyclic) bond motifs is 5. The van der Waals surface area contributed by atoms with Crippen molar-refractivity contribution in [3.05, 3.63) is 29.3 Å². The summed E-state index contributed by atoms with van der Waals surface area (Å²) in [4.78, 5) is 11.3. The van der Waals surface area contributed by atoms with Crippen LogP contribution in [0.1, 0.15) is 56.1 Å². The van der Waals surface area contributed by atoms with Crippen LogP contribution in [0.15, 0.2) is 18.2 Å². The summed E-state index contributed by atoms with van der Waals surface area (Å²) in [6.45, 7) is 2.25. The molecule has 32 heavy (non-hydrogen) atoms. The van der Waals surface area contributed by atoms with Crippen LogP contribution < -0.4 is 4.74 Å². The number of carboxylic acid groups (broad SMARTS) is 1. The van der Waals surface area contributed by atoms with Gasteiger partial charge in [0, 0.05) is 0 Å². The lowest BCUT2D eigenvalue weighted by Crippen LogP contribution is -2.61. The van der Waals surface area contributed by atoms with Gasteiger partial charge in [-0.3, -0.25) is 0 Å². The Morgan fingerprint density at radius 2 is 1.84 bits per heavy atom. The van der Waals surface area contributed by atoms with E-state index in [1.807, 2.05) is 12.1 Å². The predicted molar refractivity (Wildman–Crippen MR) is 112 cm³/mol. The largest absolute Gasteiger partial charge is 0.479 e. The Morgan fingerprint density at radius 1 is 1.06 bits per heavy atom. The van der Waals surface area contributed by atoms with Crippen LogP contribution in [-0.4, -0.2) is 68.3 Å². The van der Waals surface area contributed by atoms with Gasteiger partial charge < -0.3 is 35.0 Å². The number of ether oxygens (including phenoxy) is 2. The third kappa shape index (κ3) is 3.35. The number of benzene rings is 1. The molecule has 3 fully saturated rings. The van der Waals surface area contributed by atoms with Crippen molar-refractivity contribution >= 4 is 5.97 Å². The first kappa shape index (κ1) is 22.1. The van der Waals surface area contributed by atoms with E-state index < -0.39 is 36.7 Å². The Labute approximate surface area is 186 Å². The monoisotopic (exact) mass is 448 g/mol. The van der Waals surface area contributed by atoms with Crippen LogP contribution in [0.3, 0.4) is 0 Å². The van der Waals surface area contributed by atoms with E-state index in [1.54, 1.807) is 6.07 Å². The smallest absolute Gasteiger partial charge is 0.335 e. The maximum atomic E-state index is 11.3. The number of aliphatic hydroxyl groups excluding tert-OH is 4. The van der Waals surface area contributed by atoms with Gasteiger partial charge in [-0.25, -0.2) is 4.79 Å². The van der Waals surface area contributed by atoms with Crippen LogP contribution in [0.25, 0.3) is 0 Å². The van der Waals surface area contributed by atoms with Crippen molar-refractivity contribution in [3.63, 3.8) is 0 Å². The molecule has 1 heterocycles. The second kappa shape index (κ2) is 7.95. The zero-order valence-electron chi connectivity index (χ0n) is 18.1. The fourth-order valence-electron chi connectivity index (χ4n) is 6.89. The van der Waals surface area contributed by atoms with Crippen molar-refractivity contribution in [3.8, 4) is 5.75 Å². The van der Waals surface area contributed by atoms with Gasteiger partial charge in [-0.1, -0.05) is 13.0 Å². The number of aliphatic carboxylic acids is 1. The first-order valence-electron chi connectivity index (χ1n) is 11.6. The van der Waals surface area contributed by atoms with Crippen LogP contribution in [0.5, 0.6) is 5.75 Å². The highest BCUT2D eigenvalue weighted by Crippen LogP contribution is 2.60. The topological polar surface area (TPSA) is 137 Å². The second-order valence-electron chi connectivity index (χ2n) is 10.3. The molecule has 0 bridgehead atoms. The Hall–Kier alpha value is -1.71. The van der Waals surface area contributed by atoms with E-state index in [-0.39, 0.29) is 11.5 Å². The summed E-state index contributed by atoms with van der Waals surface area (Å²) >= 11 is 0. The average Bonchev–Trinajstić information content (AvgIpc) is 3.08. The van der Waals surface area contributed by atoms with Crippen molar-refractivity contribution in [2.45, 2.75) is 88.2 Å². The number of aryl methyl sites for hydroxylation is 1. The first-order valence-corrected chi connectivity index (χ1v) is 11.6. The number of carbonyl (C=O) groups is 1. The van der Waals surface area contributed by atoms with Gasteiger partial charge in [0.05, 0.1) is 6.10 Å². The minimum absolute atomic E-state index is 0.0300. The molecule has 1 saturated heterocycles. The SMILES string of the molecule is C[C@]12CC[C@@H]3c4ccc(O[C@H]5O[C@H](C(=O)O)[C@@H](O)[C@H](O)[C@H]5O)cc4CC[C@H]3[C@@H]1CC[C@@H]2O. The van der Waals surface area contributed by atoms with Gasteiger partial charge in [-0.15, -0.1) is 0 Å². The van der Waals surface area contributed by atoms with E-state index in [9.17, 15) is 30.3 Å². The molecule has 1 aliphatic heterocycles. The van der Waals surface area contributed by atoms with Crippen LogP contribution in [0, 0.1) is 17.3 Å². The summed E-state index contributed by atoms with van der Waals surface area (Å²) in [7, 11) is 0. The first-order chi connectivity index (χ1) is 15.2. The summed E-state index contributed by atoms with van der Waals surface area (Å²) in [6.07, 6.45) is -2.28. The Morgan fingerprint density at radius 3 is 2.59 bits per heavy atom. The highest BCUT2D eigenvalue weighted by atomic mass is 16.7. The van der Waals surface area contributed by atoms with E-state index in [1.165, 1.54) is 11.1 Å². The molecule has 1 aromatic carbocycles. The van der Waals surface area contributed by atoms with Crippen molar-refractivity contribution in [2.24, 2.45) is 17.3 Å². The fourth-order valence-corrected chi connectivity index (χ4v) is 6.89. The number of rotatable bonds is 3. The minimum Gasteiger partial charge on any atom is -0.479 e. The highest BCUT2D eigenvalue weighted by Gasteiger charge is 2.54. The molecular formula is C24H32O8. The van der Waals surface area contributed by atoms with Gasteiger partial charge in [0.2, 0.25) is 6.29 Å². The molecule has 0 spiro atoms. The van der Waals surface area contributed by atoms with Crippen LogP contribution >= 0.6 is 0 Å². The molecule has 3 aliphatic carbocycles. The lowest BCUT2D eigenvalue weighted by molar-refractivity contribution is -0.271. The molecule has 1 aromatic rings. The Kier molecular flexibility index (Phi) is 5.49. The van der Waals surface area contributed by atoms with E-state index in [0.717, 1.165) is 38.5 Å². The summed E-state index contributed by atoms with van der Waals surface area (Å²) in [5, 5.41) is 49.8. The molecule has 8 nitrogen and oxygen atoms in total. The summed E-state index contributed by atoms with van der Waals surface area (Å²) in [5.74, 6) is 0.570. The molecule has 0 unspecified atom stereocenters. The van der Waals surface area contributed by atoms with Gasteiger partial charge >= 0.3 is 5.97 Å². The molecule has 2 saturated carbocycles. The standard InChI is InChI=1S/C24H32O8/c1-24-9-8-14-13-5-3-12(10-11(13)2-4-15(14)16(24)6-7-17(24)25)31-23-20(28)18(26)19(27)21(32-23)22(29)30/h3,5,10,14-21,23,25-28H,2,4,6-9H2,1H3,(H,29,30)/t14-,15-,16+,17+,18+,19+,20-,21+,23+,24+/m1/s1. The fraction of sp³-hybridized carbons (Fsp3) is 0.708. The molecule has 176 valence electrons. The number of carboxylic acids is 1. The second-order valence-corrected chi connectivity index (χ2v) is 10.3. The van der Waals surface area contributed by atoms with Crippen LogP contribution in [0.2, 0.25) is 0 Å². The molecule has 8 heteroatoms. The van der Waals surface area contributed by atoms with Crippen molar-refractivity contribution in [1.82, 2.24) is 0 Å². The maximum absolute atomic E-state index is 11.3. The lowest BCUT2D eigenvalue weighted by atomic mass is 9.55. The maximum Gasteiger partial charge on any atom is 0.335 e. The Balaban J connectivity index is 1.34. The molecule has 0 radical (unpaired) electrons. The Bertz CT molecular complexity index is 889. The van der Waals surface area contributed by atoms with Gasteiger partial charge in [-0.05, 0) is 85.0 Å². The zero-order valence-corrected chi connectivity index (χ0v) is 18.1. The van der Waals surface area contributed by atoms with E-state index in [4.69, 9.17) is 9.47 Å². The third-order valence-electron chi connectivity index (χ3n) is 8.71. The molecular weight excluding hydrogens is 416 g/mol. The highest BCUT2D eigenvalue weighted by molar-refractivity contribution is 5.73. The average molecular weight is 449 g/mol. The van der Waals surface area contributed by atoms with Gasteiger partial charge in [0.1, 0.15) is 24.1 Å². The van der Waals surface area contributed by atoms with E-state index in [0.29, 0.717) is 23.5 Å². The molecule has 5 rings (SSSR count). The number of aliphatic hydroxyl groups is 4. The lowest BCUT2D eigenvalue weighted by Gasteiger charge is -2.50. The van der Waals surface area contributed by atoms with Crippen LogP contribution in [0.4, 0.5) is 0 Å². The molecule has 10 atom stereocenters. The molecule has 4 aliphatic rings. The summed E-state index contributed by atoms with van der Waals surface area (Å²) in [6, 6.07) is 5.75. The zero-order chi connectivity index (χ0) is 22.8. The predicted octanol–water partition coefficient (Wildman–Crippen LogP) is 1.17. The number of hydrogen-bond donors (Lipinski definition) is 5. The summed E-state index contributed by atoms with van der Waals surface area (Å²) in [5.41, 5.74) is 2.51. The van der Waals surface area contributed by atoms with E-state index in [2.05, 4.69) is 6.92 Å². The normalized spacial score (nSPS) is 45.5. The van der Waals surface area contributed by atoms with Crippen molar-refractivity contribution in [1.29, 1.82) is 0 Å². The van der Waals surface area contributed by atoms with Gasteiger partial charge in [-0.2, -0.15) is 0 Å². The molecule has 0 aromatic heterocycles. The van der Waals surface area contributed by atoms with Gasteiger partial charge in [0.15, 0.2) is 6.10 Å². The summed E-state index contributed by atoms with van der Waals surface area (Å²) < 4.78 is 11.0. The number of hydrogen-bond acceptors (Lipinski definition) is 7. The van der Waals surface area contributed by atoms with Gasteiger partial charge in [0.25, 0.3) is 0 Å². The quantitative estimate of drug-likeness (QED) is 0.465. The van der Waals surface area contributed by atoms with Crippen molar-refractivity contribution in [2.75, 3.05) is 0 Å². The minimum atomic E-state index is -1.74. The van der Waals surface area contributed by atoms with Crippen LogP contribution in [-0.2, 0) is 16.0 Å².